The zero-order valence-electron chi connectivity index (χ0n) is 20.1. The van der Waals surface area contributed by atoms with Gasteiger partial charge in [0, 0.05) is 18.7 Å². The number of Topliss-reactive ketones (excluding diaryl/α,β-unsaturated/α-hetero) is 1. The van der Waals surface area contributed by atoms with E-state index in [0.29, 0.717) is 37.0 Å². The lowest BCUT2D eigenvalue weighted by molar-refractivity contribution is -0.140. The Morgan fingerprint density at radius 3 is 2.41 bits per heavy atom. The number of rotatable bonds is 8. The highest BCUT2D eigenvalue weighted by molar-refractivity contribution is 6.46. The average molecular weight is 464 g/mol. The van der Waals surface area contributed by atoms with Crippen molar-refractivity contribution < 1.29 is 24.2 Å². The Kier molecular flexibility index (Phi) is 7.37. The van der Waals surface area contributed by atoms with Crippen LogP contribution in [0.2, 0.25) is 0 Å². The lowest BCUT2D eigenvalue weighted by Crippen LogP contribution is -2.36. The minimum Gasteiger partial charge on any atom is -0.507 e. The molecule has 0 aliphatic carbocycles. The number of likely N-dealkylation sites (tertiary alicyclic amines) is 1. The molecule has 2 aromatic carbocycles. The Balaban J connectivity index is 1.71. The van der Waals surface area contributed by atoms with Crippen LogP contribution in [0.15, 0.2) is 54.1 Å². The summed E-state index contributed by atoms with van der Waals surface area (Å²) in [5.74, 6) is -0.352. The van der Waals surface area contributed by atoms with Gasteiger partial charge in [-0.15, -0.1) is 0 Å². The lowest BCUT2D eigenvalue weighted by Gasteiger charge is -2.27. The second-order valence-electron chi connectivity index (χ2n) is 9.41. The molecule has 2 unspecified atom stereocenters. The van der Waals surface area contributed by atoms with Crippen molar-refractivity contribution in [3.63, 3.8) is 0 Å². The van der Waals surface area contributed by atoms with Crippen LogP contribution in [0.1, 0.15) is 56.3 Å². The summed E-state index contributed by atoms with van der Waals surface area (Å²) in [4.78, 5) is 27.8. The normalized spacial score (nSPS) is 22.1. The second-order valence-corrected chi connectivity index (χ2v) is 9.41. The Labute approximate surface area is 201 Å². The van der Waals surface area contributed by atoms with Crippen molar-refractivity contribution in [2.75, 3.05) is 19.8 Å². The molecular weight excluding hydrogens is 430 g/mol. The SMILES string of the molecule is CCc1ccc(C2/C(=C(/O)c3ccc(OCC(C)C)cc3)C(=O)C(=O)N2CC2CCCO2)cc1. The minimum atomic E-state index is -0.666. The Morgan fingerprint density at radius 2 is 1.82 bits per heavy atom. The number of hydrogen-bond acceptors (Lipinski definition) is 5. The van der Waals surface area contributed by atoms with E-state index in [1.54, 1.807) is 29.2 Å². The third-order valence-corrected chi connectivity index (χ3v) is 6.38. The predicted molar refractivity (Wildman–Crippen MR) is 131 cm³/mol. The maximum absolute atomic E-state index is 13.2. The maximum atomic E-state index is 13.2. The number of ketones is 1. The zero-order valence-corrected chi connectivity index (χ0v) is 20.1. The highest BCUT2D eigenvalue weighted by atomic mass is 16.5. The molecule has 2 fully saturated rings. The molecule has 2 saturated heterocycles. The first-order valence-corrected chi connectivity index (χ1v) is 12.1. The third kappa shape index (κ3) is 5.02. The van der Waals surface area contributed by atoms with Crippen LogP contribution in [0.3, 0.4) is 0 Å². The van der Waals surface area contributed by atoms with Gasteiger partial charge in [0.2, 0.25) is 0 Å². The van der Waals surface area contributed by atoms with Crippen molar-refractivity contribution in [3.8, 4) is 5.75 Å². The van der Waals surface area contributed by atoms with E-state index in [1.807, 2.05) is 24.3 Å². The molecule has 0 bridgehead atoms. The summed E-state index contributed by atoms with van der Waals surface area (Å²) in [6, 6.07) is 14.2. The summed E-state index contributed by atoms with van der Waals surface area (Å²) in [7, 11) is 0. The largest absolute Gasteiger partial charge is 0.507 e. The fraction of sp³-hybridized carbons (Fsp3) is 0.429. The summed E-state index contributed by atoms with van der Waals surface area (Å²) in [5.41, 5.74) is 2.55. The summed E-state index contributed by atoms with van der Waals surface area (Å²) in [6.45, 7) is 7.80. The topological polar surface area (TPSA) is 76.1 Å². The molecule has 6 nitrogen and oxygen atoms in total. The number of aryl methyl sites for hydroxylation is 1. The number of aliphatic hydroxyl groups excluding tert-OH is 1. The van der Waals surface area contributed by atoms with Gasteiger partial charge in [-0.05, 0) is 60.6 Å². The smallest absolute Gasteiger partial charge is 0.295 e. The van der Waals surface area contributed by atoms with Crippen molar-refractivity contribution >= 4 is 17.4 Å². The molecule has 6 heteroatoms. The monoisotopic (exact) mass is 463 g/mol. The van der Waals surface area contributed by atoms with Crippen molar-refractivity contribution in [1.29, 1.82) is 0 Å². The van der Waals surface area contributed by atoms with E-state index in [-0.39, 0.29) is 17.4 Å². The molecule has 0 spiro atoms. The van der Waals surface area contributed by atoms with E-state index in [9.17, 15) is 14.7 Å². The third-order valence-electron chi connectivity index (χ3n) is 6.38. The van der Waals surface area contributed by atoms with E-state index < -0.39 is 17.7 Å². The van der Waals surface area contributed by atoms with Gasteiger partial charge in [-0.25, -0.2) is 0 Å². The minimum absolute atomic E-state index is 0.104. The number of carbonyl (C=O) groups is 2. The molecule has 0 saturated carbocycles. The van der Waals surface area contributed by atoms with Crippen LogP contribution in [-0.2, 0) is 20.7 Å². The maximum Gasteiger partial charge on any atom is 0.295 e. The number of carbonyl (C=O) groups excluding carboxylic acids is 2. The van der Waals surface area contributed by atoms with Gasteiger partial charge in [0.1, 0.15) is 11.5 Å². The Morgan fingerprint density at radius 1 is 1.12 bits per heavy atom. The standard InChI is InChI=1S/C28H33NO5/c1-4-19-7-9-20(10-8-19)25-24(27(31)28(32)29(25)16-23-6-5-15-33-23)26(30)21-11-13-22(14-12-21)34-17-18(2)3/h7-14,18,23,25,30H,4-6,15-17H2,1-3H3/b26-24-. The fourth-order valence-corrected chi connectivity index (χ4v) is 4.49. The van der Waals surface area contributed by atoms with E-state index >= 15 is 0 Å². The van der Waals surface area contributed by atoms with Gasteiger partial charge in [0.05, 0.1) is 24.3 Å². The van der Waals surface area contributed by atoms with Crippen molar-refractivity contribution in [2.24, 2.45) is 5.92 Å². The molecule has 0 aromatic heterocycles. The van der Waals surface area contributed by atoms with Crippen LogP contribution in [0.25, 0.3) is 5.76 Å². The predicted octanol–water partition coefficient (Wildman–Crippen LogP) is 4.88. The molecule has 0 radical (unpaired) electrons. The first-order valence-electron chi connectivity index (χ1n) is 12.1. The summed E-state index contributed by atoms with van der Waals surface area (Å²) in [5, 5.41) is 11.2. The molecule has 2 aromatic rings. The number of ether oxygens (including phenoxy) is 2. The van der Waals surface area contributed by atoms with Gasteiger partial charge >= 0.3 is 0 Å². The molecule has 4 rings (SSSR count). The number of aliphatic hydroxyl groups is 1. The van der Waals surface area contributed by atoms with Crippen molar-refractivity contribution in [3.05, 3.63) is 70.8 Å². The quantitative estimate of drug-likeness (QED) is 0.343. The van der Waals surface area contributed by atoms with Gasteiger partial charge in [0.25, 0.3) is 11.7 Å². The Hall–Kier alpha value is -3.12. The van der Waals surface area contributed by atoms with E-state index in [1.165, 1.54) is 0 Å². The molecular formula is C28H33NO5. The molecule has 2 aliphatic heterocycles. The van der Waals surface area contributed by atoms with Crippen LogP contribution in [0.5, 0.6) is 5.75 Å². The van der Waals surface area contributed by atoms with Gasteiger partial charge in [0.15, 0.2) is 0 Å². The molecule has 2 heterocycles. The van der Waals surface area contributed by atoms with E-state index in [2.05, 4.69) is 20.8 Å². The van der Waals surface area contributed by atoms with Gasteiger partial charge < -0.3 is 19.5 Å². The zero-order chi connectivity index (χ0) is 24.2. The highest BCUT2D eigenvalue weighted by Gasteiger charge is 2.47. The average Bonchev–Trinajstić information content (AvgIpc) is 3.45. The van der Waals surface area contributed by atoms with Gasteiger partial charge in [-0.3, -0.25) is 9.59 Å². The highest BCUT2D eigenvalue weighted by Crippen LogP contribution is 2.40. The first kappa shape index (κ1) is 24.0. The van der Waals surface area contributed by atoms with Crippen LogP contribution < -0.4 is 4.74 Å². The fourth-order valence-electron chi connectivity index (χ4n) is 4.49. The summed E-state index contributed by atoms with van der Waals surface area (Å²) in [6.07, 6.45) is 2.58. The summed E-state index contributed by atoms with van der Waals surface area (Å²) >= 11 is 0. The number of hydrogen-bond donors (Lipinski definition) is 1. The Bertz CT molecular complexity index is 1050. The van der Waals surface area contributed by atoms with Crippen LogP contribution in [-0.4, -0.2) is 47.6 Å². The van der Waals surface area contributed by atoms with Crippen molar-refractivity contribution in [2.45, 2.75) is 52.2 Å². The summed E-state index contributed by atoms with van der Waals surface area (Å²) < 4.78 is 11.5. The number of nitrogens with zero attached hydrogens (tertiary/aromatic N) is 1. The van der Waals surface area contributed by atoms with Gasteiger partial charge in [-0.1, -0.05) is 45.0 Å². The van der Waals surface area contributed by atoms with Crippen LogP contribution >= 0.6 is 0 Å². The molecule has 34 heavy (non-hydrogen) atoms. The molecule has 1 amide bonds. The first-order chi connectivity index (χ1) is 16.4. The lowest BCUT2D eigenvalue weighted by atomic mass is 9.94. The molecule has 1 N–H and O–H groups in total. The van der Waals surface area contributed by atoms with Crippen LogP contribution in [0.4, 0.5) is 0 Å². The van der Waals surface area contributed by atoms with Gasteiger partial charge in [-0.2, -0.15) is 0 Å². The molecule has 2 aliphatic rings. The van der Waals surface area contributed by atoms with Crippen LogP contribution in [0, 0.1) is 5.92 Å². The number of amides is 1. The van der Waals surface area contributed by atoms with E-state index in [4.69, 9.17) is 9.47 Å². The van der Waals surface area contributed by atoms with Crippen molar-refractivity contribution in [1.82, 2.24) is 4.90 Å². The number of benzene rings is 2. The van der Waals surface area contributed by atoms with E-state index in [0.717, 1.165) is 30.4 Å². The molecule has 180 valence electrons. The molecule has 2 atom stereocenters. The second kappa shape index (κ2) is 10.4.